The molecule has 0 radical (unpaired) electrons. The molecule has 0 unspecified atom stereocenters. The second-order valence-electron chi connectivity index (χ2n) is 4.57. The predicted octanol–water partition coefficient (Wildman–Crippen LogP) is 1.48. The molecule has 3 N–H and O–H groups in total. The zero-order valence-electron chi connectivity index (χ0n) is 10.5. The second kappa shape index (κ2) is 4.87. The highest BCUT2D eigenvalue weighted by Gasteiger charge is 2.36. The van der Waals surface area contributed by atoms with Gasteiger partial charge in [0, 0.05) is 18.3 Å². The van der Waals surface area contributed by atoms with Gasteiger partial charge in [-0.15, -0.1) is 0 Å². The molecule has 1 aliphatic carbocycles. The van der Waals surface area contributed by atoms with Gasteiger partial charge in [-0.25, -0.2) is 4.98 Å². The minimum absolute atomic E-state index is 0.00270. The van der Waals surface area contributed by atoms with Crippen LogP contribution >= 0.6 is 0 Å². The highest BCUT2D eigenvalue weighted by Crippen LogP contribution is 2.33. The summed E-state index contributed by atoms with van der Waals surface area (Å²) in [6.07, 6.45) is 3.39. The Kier molecular flexibility index (Phi) is 3.47. The summed E-state index contributed by atoms with van der Waals surface area (Å²) in [7, 11) is 0. The van der Waals surface area contributed by atoms with E-state index in [2.05, 4.69) is 15.3 Å². The summed E-state index contributed by atoms with van der Waals surface area (Å²) in [5.41, 5.74) is 6.70. The van der Waals surface area contributed by atoms with Crippen molar-refractivity contribution in [2.24, 2.45) is 5.73 Å². The van der Waals surface area contributed by atoms with E-state index in [1.165, 1.54) is 6.42 Å². The summed E-state index contributed by atoms with van der Waals surface area (Å²) in [6, 6.07) is 1.84. The van der Waals surface area contributed by atoms with E-state index in [1.807, 2.05) is 19.9 Å². The minimum atomic E-state index is -0.00270. The number of anilines is 1. The molecule has 5 heteroatoms. The number of nitrogens with two attached hydrogens (primary N) is 1. The van der Waals surface area contributed by atoms with Gasteiger partial charge in [-0.1, -0.05) is 0 Å². The largest absolute Gasteiger partial charge is 0.478 e. The fraction of sp³-hybridized carbons (Fsp3) is 0.667. The van der Waals surface area contributed by atoms with Crippen LogP contribution in [0.15, 0.2) is 6.07 Å². The molecule has 2 rings (SSSR count). The van der Waals surface area contributed by atoms with Crippen molar-refractivity contribution in [2.45, 2.75) is 38.6 Å². The molecule has 0 spiro atoms. The molecule has 1 saturated carbocycles. The highest BCUT2D eigenvalue weighted by atomic mass is 16.5. The summed E-state index contributed by atoms with van der Waals surface area (Å²) < 4.78 is 5.40. The molecule has 0 atom stereocenters. The van der Waals surface area contributed by atoms with Crippen LogP contribution in [0.5, 0.6) is 5.88 Å². The molecular formula is C12H20N4O. The molecule has 1 heterocycles. The smallest absolute Gasteiger partial charge is 0.226 e. The maximum Gasteiger partial charge on any atom is 0.226 e. The van der Waals surface area contributed by atoms with Crippen LogP contribution in [0, 0.1) is 6.92 Å². The average molecular weight is 236 g/mol. The summed E-state index contributed by atoms with van der Waals surface area (Å²) in [6.45, 7) is 5.11. The molecule has 0 aromatic carbocycles. The molecule has 1 aromatic heterocycles. The first-order valence-electron chi connectivity index (χ1n) is 6.14. The third kappa shape index (κ3) is 2.66. The number of rotatable bonds is 5. The van der Waals surface area contributed by atoms with E-state index in [1.54, 1.807) is 0 Å². The highest BCUT2D eigenvalue weighted by molar-refractivity contribution is 5.35. The lowest BCUT2D eigenvalue weighted by Crippen LogP contribution is -2.51. The standard InChI is InChI=1S/C12H20N4O/c1-3-17-10-7-9(2)14-11(15-10)16-12(8-13)5-4-6-12/h7H,3-6,8,13H2,1-2H3,(H,14,15,16). The Morgan fingerprint density at radius 2 is 2.24 bits per heavy atom. The Labute approximate surface area is 102 Å². The van der Waals surface area contributed by atoms with Crippen LogP contribution in [0.3, 0.4) is 0 Å². The molecule has 0 amide bonds. The van der Waals surface area contributed by atoms with E-state index in [0.29, 0.717) is 25.0 Å². The Morgan fingerprint density at radius 1 is 1.47 bits per heavy atom. The third-order valence-corrected chi connectivity index (χ3v) is 3.20. The van der Waals surface area contributed by atoms with Crippen LogP contribution in [0.4, 0.5) is 5.95 Å². The summed E-state index contributed by atoms with van der Waals surface area (Å²) in [5, 5.41) is 3.35. The number of ether oxygens (including phenoxy) is 1. The summed E-state index contributed by atoms with van der Waals surface area (Å²) >= 11 is 0. The number of nitrogens with one attached hydrogen (secondary N) is 1. The quantitative estimate of drug-likeness (QED) is 0.810. The summed E-state index contributed by atoms with van der Waals surface area (Å²) in [5.74, 6) is 1.24. The van der Waals surface area contributed by atoms with Crippen LogP contribution in [0.2, 0.25) is 0 Å². The van der Waals surface area contributed by atoms with E-state index >= 15 is 0 Å². The lowest BCUT2D eigenvalue weighted by molar-refractivity contribution is 0.284. The molecule has 0 aliphatic heterocycles. The maximum absolute atomic E-state index is 5.80. The molecule has 0 bridgehead atoms. The molecule has 1 fully saturated rings. The monoisotopic (exact) mass is 236 g/mol. The predicted molar refractivity (Wildman–Crippen MR) is 67.2 cm³/mol. The minimum Gasteiger partial charge on any atom is -0.478 e. The van der Waals surface area contributed by atoms with Crippen molar-refractivity contribution in [1.82, 2.24) is 9.97 Å². The number of hydrogen-bond donors (Lipinski definition) is 2. The van der Waals surface area contributed by atoms with Crippen LogP contribution in [0.25, 0.3) is 0 Å². The van der Waals surface area contributed by atoms with E-state index in [-0.39, 0.29) is 5.54 Å². The van der Waals surface area contributed by atoms with Crippen molar-refractivity contribution >= 4 is 5.95 Å². The molecule has 0 saturated heterocycles. The Hall–Kier alpha value is -1.36. The van der Waals surface area contributed by atoms with Gasteiger partial charge in [-0.2, -0.15) is 4.98 Å². The van der Waals surface area contributed by atoms with Crippen molar-refractivity contribution in [3.05, 3.63) is 11.8 Å². The Bertz CT molecular complexity index is 385. The topological polar surface area (TPSA) is 73.1 Å². The Morgan fingerprint density at radius 3 is 2.76 bits per heavy atom. The van der Waals surface area contributed by atoms with Crippen molar-refractivity contribution < 1.29 is 4.74 Å². The fourth-order valence-electron chi connectivity index (χ4n) is 2.04. The number of aryl methyl sites for hydroxylation is 1. The third-order valence-electron chi connectivity index (χ3n) is 3.20. The first-order valence-corrected chi connectivity index (χ1v) is 6.14. The van der Waals surface area contributed by atoms with Crippen LogP contribution in [0.1, 0.15) is 31.9 Å². The normalized spacial score (nSPS) is 17.4. The van der Waals surface area contributed by atoms with Gasteiger partial charge in [0.1, 0.15) is 0 Å². The molecular weight excluding hydrogens is 216 g/mol. The van der Waals surface area contributed by atoms with E-state index in [4.69, 9.17) is 10.5 Å². The van der Waals surface area contributed by atoms with Gasteiger partial charge in [0.2, 0.25) is 11.8 Å². The fourth-order valence-corrected chi connectivity index (χ4v) is 2.04. The number of aromatic nitrogens is 2. The molecule has 94 valence electrons. The van der Waals surface area contributed by atoms with Crippen molar-refractivity contribution in [2.75, 3.05) is 18.5 Å². The van der Waals surface area contributed by atoms with E-state index in [9.17, 15) is 0 Å². The Balaban J connectivity index is 2.14. The van der Waals surface area contributed by atoms with Crippen LogP contribution in [-0.4, -0.2) is 28.7 Å². The maximum atomic E-state index is 5.80. The molecule has 17 heavy (non-hydrogen) atoms. The van der Waals surface area contributed by atoms with Crippen molar-refractivity contribution in [1.29, 1.82) is 0 Å². The lowest BCUT2D eigenvalue weighted by Gasteiger charge is -2.41. The van der Waals surface area contributed by atoms with E-state index < -0.39 is 0 Å². The molecule has 1 aliphatic rings. The van der Waals surface area contributed by atoms with Gasteiger partial charge in [0.25, 0.3) is 0 Å². The van der Waals surface area contributed by atoms with E-state index in [0.717, 1.165) is 18.5 Å². The SMILES string of the molecule is CCOc1cc(C)nc(NC2(CN)CCC2)n1. The lowest BCUT2D eigenvalue weighted by atomic mass is 9.77. The number of nitrogens with zero attached hydrogens (tertiary/aromatic N) is 2. The van der Waals surface area contributed by atoms with Gasteiger partial charge < -0.3 is 15.8 Å². The van der Waals surface area contributed by atoms with Gasteiger partial charge in [-0.05, 0) is 33.1 Å². The second-order valence-corrected chi connectivity index (χ2v) is 4.57. The summed E-state index contributed by atoms with van der Waals surface area (Å²) in [4.78, 5) is 8.71. The molecule has 1 aromatic rings. The van der Waals surface area contributed by atoms with Gasteiger partial charge in [-0.3, -0.25) is 0 Å². The zero-order chi connectivity index (χ0) is 12.3. The van der Waals surface area contributed by atoms with Crippen molar-refractivity contribution in [3.63, 3.8) is 0 Å². The first kappa shape index (κ1) is 12.1. The van der Waals surface area contributed by atoms with Gasteiger partial charge >= 0.3 is 0 Å². The zero-order valence-corrected chi connectivity index (χ0v) is 10.5. The van der Waals surface area contributed by atoms with Gasteiger partial charge in [0.05, 0.1) is 12.1 Å². The van der Waals surface area contributed by atoms with Crippen molar-refractivity contribution in [3.8, 4) is 5.88 Å². The molecule has 5 nitrogen and oxygen atoms in total. The van der Waals surface area contributed by atoms with Crippen LogP contribution in [-0.2, 0) is 0 Å². The average Bonchev–Trinajstić information content (AvgIpc) is 2.23. The van der Waals surface area contributed by atoms with Crippen LogP contribution < -0.4 is 15.8 Å². The number of hydrogen-bond acceptors (Lipinski definition) is 5. The van der Waals surface area contributed by atoms with Gasteiger partial charge in [0.15, 0.2) is 0 Å². The first-order chi connectivity index (χ1) is 8.17.